The third-order valence-electron chi connectivity index (χ3n) is 7.60. The van der Waals surface area contributed by atoms with Crippen LogP contribution in [0, 0.1) is 18.3 Å². The molecule has 1 unspecified atom stereocenters. The highest BCUT2D eigenvalue weighted by Crippen LogP contribution is 2.44. The molecule has 5 aromatic rings. The lowest BCUT2D eigenvalue weighted by atomic mass is 9.83. The number of halogens is 2. The quantitative estimate of drug-likeness (QED) is 0.143. The number of hydrogen-bond acceptors (Lipinski definition) is 7. The Morgan fingerprint density at radius 3 is 2.64 bits per heavy atom. The SMILES string of the molecule is CCc1ccc2oc(C(=O)Oc3ccc4c(c3)OC(N)=C(C#N)C4c3cccc(OCc4ccc(Cl)cc4Cl)c3)c(C)c2c1. The Bertz CT molecular complexity index is 2010. The summed E-state index contributed by atoms with van der Waals surface area (Å²) >= 11 is 12.3. The van der Waals surface area contributed by atoms with Gasteiger partial charge in [-0.25, -0.2) is 4.79 Å². The fourth-order valence-corrected chi connectivity index (χ4v) is 5.72. The molecule has 0 radical (unpaired) electrons. The highest BCUT2D eigenvalue weighted by atomic mass is 35.5. The van der Waals surface area contributed by atoms with E-state index >= 15 is 0 Å². The molecule has 0 saturated heterocycles. The van der Waals surface area contributed by atoms with Gasteiger partial charge in [-0.05, 0) is 66.9 Å². The molecule has 0 spiro atoms. The monoisotopic (exact) mass is 624 g/mol. The number of nitrogens with two attached hydrogens (primary N) is 1. The Morgan fingerprint density at radius 1 is 1.02 bits per heavy atom. The van der Waals surface area contributed by atoms with Gasteiger partial charge in [-0.2, -0.15) is 5.26 Å². The van der Waals surface area contributed by atoms with Crippen LogP contribution < -0.4 is 19.9 Å². The zero-order valence-electron chi connectivity index (χ0n) is 23.8. The van der Waals surface area contributed by atoms with Crippen molar-refractivity contribution in [1.29, 1.82) is 5.26 Å². The molecule has 7 nitrogen and oxygen atoms in total. The highest BCUT2D eigenvalue weighted by Gasteiger charge is 2.31. The number of fused-ring (bicyclic) bond motifs is 2. The molecule has 1 aliphatic rings. The van der Waals surface area contributed by atoms with Crippen molar-refractivity contribution in [2.45, 2.75) is 32.8 Å². The molecule has 1 aromatic heterocycles. The maximum Gasteiger partial charge on any atom is 0.379 e. The molecule has 220 valence electrons. The van der Waals surface area contributed by atoms with Crippen molar-refractivity contribution in [3.63, 3.8) is 0 Å². The molecule has 0 fully saturated rings. The fraction of sp³-hybridized carbons (Fsp3) is 0.143. The standard InChI is InChI=1S/C35H26Cl2N2O5/c1-3-20-7-12-30-27(13-20)19(2)33(43-30)35(40)42-25-10-11-26-31(16-25)44-34(39)28(17-38)32(26)21-5-4-6-24(14-21)41-18-22-8-9-23(36)15-29(22)37/h4-16,32H,3,18,39H2,1-2H3. The molecule has 1 atom stereocenters. The number of nitriles is 1. The summed E-state index contributed by atoms with van der Waals surface area (Å²) in [7, 11) is 0. The van der Waals surface area contributed by atoms with E-state index in [-0.39, 0.29) is 29.6 Å². The predicted molar refractivity (Wildman–Crippen MR) is 168 cm³/mol. The van der Waals surface area contributed by atoms with Gasteiger partial charge in [0.05, 0.1) is 5.92 Å². The van der Waals surface area contributed by atoms with Crippen LogP contribution in [-0.2, 0) is 13.0 Å². The summed E-state index contributed by atoms with van der Waals surface area (Å²) in [5.74, 6) is 0.115. The van der Waals surface area contributed by atoms with Crippen molar-refractivity contribution in [3.05, 3.63) is 134 Å². The van der Waals surface area contributed by atoms with Gasteiger partial charge < -0.3 is 24.4 Å². The second kappa shape index (κ2) is 12.0. The lowest BCUT2D eigenvalue weighted by molar-refractivity contribution is 0.0702. The molecule has 44 heavy (non-hydrogen) atoms. The van der Waals surface area contributed by atoms with Crippen LogP contribution in [0.2, 0.25) is 10.0 Å². The number of carbonyl (C=O) groups excluding carboxylic acids is 1. The average molecular weight is 626 g/mol. The van der Waals surface area contributed by atoms with Crippen molar-refractivity contribution in [3.8, 4) is 23.3 Å². The van der Waals surface area contributed by atoms with Crippen LogP contribution in [0.4, 0.5) is 0 Å². The smallest absolute Gasteiger partial charge is 0.379 e. The minimum atomic E-state index is -0.629. The normalized spacial score (nSPS) is 14.1. The van der Waals surface area contributed by atoms with Crippen LogP contribution >= 0.6 is 23.2 Å². The van der Waals surface area contributed by atoms with Crippen LogP contribution in [0.15, 0.2) is 94.7 Å². The second-order valence-electron chi connectivity index (χ2n) is 10.4. The largest absolute Gasteiger partial charge is 0.489 e. The van der Waals surface area contributed by atoms with Gasteiger partial charge in [-0.3, -0.25) is 0 Å². The van der Waals surface area contributed by atoms with Crippen molar-refractivity contribution in [1.82, 2.24) is 0 Å². The number of furan rings is 1. The van der Waals surface area contributed by atoms with Gasteiger partial charge in [0, 0.05) is 38.2 Å². The Hall–Kier alpha value is -4.90. The third-order valence-corrected chi connectivity index (χ3v) is 8.18. The van der Waals surface area contributed by atoms with Crippen LogP contribution in [0.1, 0.15) is 51.2 Å². The Kier molecular flexibility index (Phi) is 7.96. The van der Waals surface area contributed by atoms with Gasteiger partial charge >= 0.3 is 5.97 Å². The first-order valence-corrected chi connectivity index (χ1v) is 14.6. The van der Waals surface area contributed by atoms with E-state index in [1.807, 2.05) is 55.5 Å². The summed E-state index contributed by atoms with van der Waals surface area (Å²) in [5.41, 5.74) is 11.2. The van der Waals surface area contributed by atoms with E-state index < -0.39 is 11.9 Å². The summed E-state index contributed by atoms with van der Waals surface area (Å²) in [6.07, 6.45) is 0.872. The maximum atomic E-state index is 13.2. The predicted octanol–water partition coefficient (Wildman–Crippen LogP) is 8.63. The first-order valence-electron chi connectivity index (χ1n) is 13.9. The second-order valence-corrected chi connectivity index (χ2v) is 11.2. The Labute approximate surface area is 264 Å². The molecule has 0 aliphatic carbocycles. The number of allylic oxidation sites excluding steroid dienone is 1. The molecular weight excluding hydrogens is 599 g/mol. The van der Waals surface area contributed by atoms with Crippen molar-refractivity contribution >= 4 is 40.1 Å². The Balaban J connectivity index is 1.27. The number of esters is 1. The highest BCUT2D eigenvalue weighted by molar-refractivity contribution is 6.35. The van der Waals surface area contributed by atoms with Crippen LogP contribution in [0.3, 0.4) is 0 Å². The molecule has 2 N–H and O–H groups in total. The zero-order chi connectivity index (χ0) is 31.0. The molecule has 2 heterocycles. The van der Waals surface area contributed by atoms with Gasteiger partial charge in [0.1, 0.15) is 41.1 Å². The van der Waals surface area contributed by atoms with Gasteiger partial charge in [0.2, 0.25) is 11.6 Å². The molecule has 0 amide bonds. The molecule has 4 aromatic carbocycles. The van der Waals surface area contributed by atoms with Crippen LogP contribution in [0.25, 0.3) is 11.0 Å². The lowest BCUT2D eigenvalue weighted by Gasteiger charge is -2.27. The summed E-state index contributed by atoms with van der Waals surface area (Å²) in [4.78, 5) is 13.2. The van der Waals surface area contributed by atoms with Gasteiger partial charge in [0.15, 0.2) is 0 Å². The summed E-state index contributed by atoms with van der Waals surface area (Å²) in [6.45, 7) is 4.13. The van der Waals surface area contributed by atoms with E-state index in [1.54, 1.807) is 30.3 Å². The first-order chi connectivity index (χ1) is 21.2. The van der Waals surface area contributed by atoms with Crippen molar-refractivity contribution in [2.75, 3.05) is 0 Å². The lowest BCUT2D eigenvalue weighted by Crippen LogP contribution is -2.21. The first kappa shape index (κ1) is 29.2. The number of hydrogen-bond donors (Lipinski definition) is 1. The van der Waals surface area contributed by atoms with E-state index in [0.717, 1.165) is 28.5 Å². The van der Waals surface area contributed by atoms with Crippen LogP contribution in [-0.4, -0.2) is 5.97 Å². The van der Waals surface area contributed by atoms with E-state index in [2.05, 4.69) is 13.0 Å². The Morgan fingerprint density at radius 2 is 1.86 bits per heavy atom. The number of nitrogens with zero attached hydrogens (tertiary/aromatic N) is 1. The zero-order valence-corrected chi connectivity index (χ0v) is 25.3. The van der Waals surface area contributed by atoms with Gasteiger partial charge in [0.25, 0.3) is 0 Å². The maximum absolute atomic E-state index is 13.2. The van der Waals surface area contributed by atoms with E-state index in [9.17, 15) is 10.1 Å². The summed E-state index contributed by atoms with van der Waals surface area (Å²) < 4.78 is 23.4. The van der Waals surface area contributed by atoms with Gasteiger partial charge in [-0.15, -0.1) is 0 Å². The number of ether oxygens (including phenoxy) is 3. The fourth-order valence-electron chi connectivity index (χ4n) is 5.26. The van der Waals surface area contributed by atoms with E-state index in [0.29, 0.717) is 38.3 Å². The summed E-state index contributed by atoms with van der Waals surface area (Å²) in [6, 6.07) is 25.6. The van der Waals surface area contributed by atoms with E-state index in [1.165, 1.54) is 0 Å². The minimum Gasteiger partial charge on any atom is -0.489 e. The molecule has 6 rings (SSSR count). The summed E-state index contributed by atoms with van der Waals surface area (Å²) in [5, 5.41) is 11.9. The molecular formula is C35H26Cl2N2O5. The molecule has 0 saturated carbocycles. The van der Waals surface area contributed by atoms with Gasteiger partial charge in [-0.1, -0.05) is 60.5 Å². The van der Waals surface area contributed by atoms with Crippen molar-refractivity contribution < 1.29 is 23.4 Å². The number of benzene rings is 4. The van der Waals surface area contributed by atoms with Crippen LogP contribution in [0.5, 0.6) is 17.2 Å². The number of rotatable bonds is 7. The van der Waals surface area contributed by atoms with Crippen molar-refractivity contribution in [2.24, 2.45) is 5.73 Å². The molecule has 1 aliphatic heterocycles. The van der Waals surface area contributed by atoms with E-state index in [4.69, 9.17) is 47.6 Å². The molecule has 0 bridgehead atoms. The molecule has 9 heteroatoms. The number of carbonyl (C=O) groups is 1. The number of aryl methyl sites for hydroxylation is 2. The third kappa shape index (κ3) is 5.58. The topological polar surface area (TPSA) is 108 Å². The average Bonchev–Trinajstić information content (AvgIpc) is 3.35. The minimum absolute atomic E-state index is 0.0346.